The molecule has 0 fully saturated rings. The molecule has 0 amide bonds. The van der Waals surface area contributed by atoms with Crippen molar-refractivity contribution in [2.45, 2.75) is 13.3 Å². The summed E-state index contributed by atoms with van der Waals surface area (Å²) in [4.78, 5) is 10.5. The molecule has 0 unspecified atom stereocenters. The average molecular weight is 129 g/mol. The Hall–Kier alpha value is -0.283. The van der Waals surface area contributed by atoms with Gasteiger partial charge >= 0.3 is 0 Å². The Balaban J connectivity index is 3.37. The molecule has 46 valence electrons. The van der Waals surface area contributed by atoms with Gasteiger partial charge in [0.1, 0.15) is 5.41 Å². The number of carbonyl (C=O) groups is 1. The highest BCUT2D eigenvalue weighted by molar-refractivity contribution is 6.78. The van der Waals surface area contributed by atoms with E-state index >= 15 is 0 Å². The van der Waals surface area contributed by atoms with Crippen LogP contribution in [0.1, 0.15) is 13.3 Å². The van der Waals surface area contributed by atoms with E-state index in [2.05, 4.69) is 0 Å². The highest BCUT2D eigenvalue weighted by atomic mass is 28.2. The third kappa shape index (κ3) is 3.89. The van der Waals surface area contributed by atoms with Gasteiger partial charge in [-0.15, -0.1) is 0 Å². The fraction of sp³-hybridized carbons (Fsp3) is 0.600. The molecule has 0 heterocycles. The summed E-state index contributed by atoms with van der Waals surface area (Å²) < 4.78 is 0. The number of nitrogens with two attached hydrogens (primary N) is 1. The highest BCUT2D eigenvalue weighted by Crippen LogP contribution is 1.61. The molecule has 0 aliphatic rings. The lowest BCUT2D eigenvalue weighted by Gasteiger charge is -1.81. The maximum Gasteiger partial charge on any atom is 0.139 e. The van der Waals surface area contributed by atoms with Crippen molar-refractivity contribution in [3.05, 3.63) is 0 Å². The van der Waals surface area contributed by atoms with E-state index < -0.39 is 0 Å². The predicted octanol–water partition coefficient (Wildman–Crippen LogP) is -0.880. The van der Waals surface area contributed by atoms with Crippen molar-refractivity contribution < 1.29 is 4.79 Å². The van der Waals surface area contributed by atoms with Crippen molar-refractivity contribution in [1.29, 1.82) is 0 Å². The topological polar surface area (TPSA) is 43.1 Å². The molecule has 0 aliphatic carbocycles. The second kappa shape index (κ2) is 4.87. The van der Waals surface area contributed by atoms with E-state index in [1.165, 1.54) is 0 Å². The molecule has 0 spiro atoms. The van der Waals surface area contributed by atoms with Crippen molar-refractivity contribution >= 4 is 20.2 Å². The number of rotatable bonds is 3. The monoisotopic (exact) mass is 129 g/mol. The van der Waals surface area contributed by atoms with Crippen LogP contribution in [0.3, 0.4) is 0 Å². The summed E-state index contributed by atoms with van der Waals surface area (Å²) in [7, 11) is -0.118. The zero-order valence-electron chi connectivity index (χ0n) is 5.05. The lowest BCUT2D eigenvalue weighted by molar-refractivity contribution is -0.110. The molecule has 0 saturated carbocycles. The van der Waals surface area contributed by atoms with Crippen LogP contribution >= 0.6 is 0 Å². The summed E-state index contributed by atoms with van der Waals surface area (Å²) in [5.41, 5.74) is 7.07. The quantitative estimate of drug-likeness (QED) is 0.503. The summed E-state index contributed by atoms with van der Waals surface area (Å²) in [6, 6.07) is 0. The van der Waals surface area contributed by atoms with Gasteiger partial charge in [0.15, 0.2) is 0 Å². The van der Waals surface area contributed by atoms with Crippen LogP contribution in [-0.2, 0) is 4.79 Å². The van der Waals surface area contributed by atoms with Gasteiger partial charge in [-0.2, -0.15) is 0 Å². The largest absolute Gasteiger partial charge is 0.324 e. The maximum absolute atomic E-state index is 10.5. The summed E-state index contributed by atoms with van der Waals surface area (Å²) in [5, 5.41) is 0.201. The normalized spacial score (nSPS) is 10.2. The van der Waals surface area contributed by atoms with Crippen molar-refractivity contribution in [3.8, 4) is 0 Å². The van der Waals surface area contributed by atoms with Crippen LogP contribution in [0.25, 0.3) is 0 Å². The molecule has 8 heavy (non-hydrogen) atoms. The van der Waals surface area contributed by atoms with Gasteiger partial charge in [-0.05, 0) is 6.42 Å². The fourth-order valence-corrected chi connectivity index (χ4v) is 0.952. The molecule has 0 bridgehead atoms. The second-order valence-corrected chi connectivity index (χ2v) is 2.93. The lowest BCUT2D eigenvalue weighted by atomic mass is 10.6. The Morgan fingerprint density at radius 2 is 2.50 bits per heavy atom. The van der Waals surface area contributed by atoms with Gasteiger partial charge in [-0.25, -0.2) is 0 Å². The van der Waals surface area contributed by atoms with E-state index in [9.17, 15) is 4.79 Å². The molecule has 0 aromatic rings. The molecule has 0 aromatic heterocycles. The van der Waals surface area contributed by atoms with Crippen molar-refractivity contribution in [2.75, 3.05) is 6.54 Å². The molecule has 0 rings (SSSR count). The first-order chi connectivity index (χ1) is 3.81. The Labute approximate surface area is 51.5 Å². The SMILES string of the molecule is CCC=[SiH]C(=O)CN. The van der Waals surface area contributed by atoms with E-state index in [-0.39, 0.29) is 21.1 Å². The molecule has 2 N–H and O–H groups in total. The van der Waals surface area contributed by atoms with Crippen LogP contribution in [0.2, 0.25) is 0 Å². The lowest BCUT2D eigenvalue weighted by Crippen LogP contribution is -2.16. The molecule has 2 nitrogen and oxygen atoms in total. The molecule has 0 saturated heterocycles. The maximum atomic E-state index is 10.5. The fourth-order valence-electron chi connectivity index (χ4n) is 0.317. The van der Waals surface area contributed by atoms with Gasteiger partial charge in [-0.1, -0.05) is 12.6 Å². The van der Waals surface area contributed by atoms with E-state index in [1.807, 2.05) is 12.6 Å². The zero-order chi connectivity index (χ0) is 6.41. The van der Waals surface area contributed by atoms with Gasteiger partial charge in [0.2, 0.25) is 0 Å². The van der Waals surface area contributed by atoms with E-state index in [0.717, 1.165) is 6.42 Å². The molecular weight excluding hydrogens is 118 g/mol. The predicted molar refractivity (Wildman–Crippen MR) is 37.6 cm³/mol. The summed E-state index contributed by atoms with van der Waals surface area (Å²) in [5.74, 6) is 0. The second-order valence-electron chi connectivity index (χ2n) is 1.48. The highest BCUT2D eigenvalue weighted by Gasteiger charge is 1.85. The van der Waals surface area contributed by atoms with Crippen LogP contribution in [0, 0.1) is 0 Å². The Morgan fingerprint density at radius 1 is 1.88 bits per heavy atom. The molecular formula is C5H11NOSi. The van der Waals surface area contributed by atoms with Crippen LogP contribution in [0.15, 0.2) is 0 Å². The van der Waals surface area contributed by atoms with Gasteiger partial charge in [0, 0.05) is 0 Å². The van der Waals surface area contributed by atoms with Gasteiger partial charge in [0.25, 0.3) is 0 Å². The first-order valence-corrected chi connectivity index (χ1v) is 3.95. The van der Waals surface area contributed by atoms with E-state index in [4.69, 9.17) is 5.73 Å². The van der Waals surface area contributed by atoms with Crippen molar-refractivity contribution in [2.24, 2.45) is 5.73 Å². The number of hydrogen-bond acceptors (Lipinski definition) is 2. The minimum Gasteiger partial charge on any atom is -0.324 e. The summed E-state index contributed by atoms with van der Waals surface area (Å²) in [6.07, 6.45) is 0.987. The van der Waals surface area contributed by atoms with Gasteiger partial charge < -0.3 is 5.73 Å². The minimum atomic E-state index is -0.118. The molecule has 0 aromatic carbocycles. The van der Waals surface area contributed by atoms with Crippen molar-refractivity contribution in [3.63, 3.8) is 0 Å². The molecule has 3 heteroatoms. The Kier molecular flexibility index (Phi) is 4.69. The summed E-state index contributed by atoms with van der Waals surface area (Å²) >= 11 is 0. The Morgan fingerprint density at radius 3 is 2.88 bits per heavy atom. The van der Waals surface area contributed by atoms with Crippen LogP contribution in [0.5, 0.6) is 0 Å². The van der Waals surface area contributed by atoms with E-state index in [1.54, 1.807) is 0 Å². The van der Waals surface area contributed by atoms with Crippen LogP contribution in [-0.4, -0.2) is 26.8 Å². The third-order valence-electron chi connectivity index (χ3n) is 0.741. The number of hydrogen-bond donors (Lipinski definition) is 1. The third-order valence-corrected chi connectivity index (χ3v) is 2.06. The smallest absolute Gasteiger partial charge is 0.139 e. The minimum absolute atomic E-state index is 0.118. The molecule has 0 aliphatic heterocycles. The van der Waals surface area contributed by atoms with Crippen LogP contribution in [0.4, 0.5) is 0 Å². The van der Waals surface area contributed by atoms with Crippen LogP contribution < -0.4 is 5.73 Å². The summed E-state index contributed by atoms with van der Waals surface area (Å²) in [6.45, 7) is 2.24. The average Bonchev–Trinajstić information content (AvgIpc) is 1.83. The van der Waals surface area contributed by atoms with Gasteiger partial charge in [0.05, 0.1) is 15.7 Å². The van der Waals surface area contributed by atoms with E-state index in [0.29, 0.717) is 0 Å². The Bertz CT molecular complexity index is 101. The van der Waals surface area contributed by atoms with Gasteiger partial charge in [-0.3, -0.25) is 4.79 Å². The first-order valence-electron chi connectivity index (χ1n) is 2.70. The van der Waals surface area contributed by atoms with Crippen molar-refractivity contribution in [1.82, 2.24) is 0 Å². The standard InChI is InChI=1S/C5H11NOSi/c1-2-3-8-5(7)4-6/h3,8H,2,4,6H2,1H3. The molecule has 0 radical (unpaired) electrons. The molecule has 0 atom stereocenters. The first kappa shape index (κ1) is 7.72. The zero-order valence-corrected chi connectivity index (χ0v) is 6.21. The number of carbonyl (C=O) groups excluding carboxylic acids is 1.